The van der Waals surface area contributed by atoms with Gasteiger partial charge in [-0.15, -0.1) is 0 Å². The van der Waals surface area contributed by atoms with Crippen molar-refractivity contribution in [3.05, 3.63) is 65.5 Å². The summed E-state index contributed by atoms with van der Waals surface area (Å²) in [7, 11) is 0. The molecule has 0 radical (unpaired) electrons. The lowest BCUT2D eigenvalue weighted by Gasteiger charge is -2.29. The number of nitrogens with zero attached hydrogens (tertiary/aromatic N) is 1. The van der Waals surface area contributed by atoms with E-state index in [9.17, 15) is 14.0 Å². The second kappa shape index (κ2) is 8.13. The highest BCUT2D eigenvalue weighted by molar-refractivity contribution is 5.95. The zero-order chi connectivity index (χ0) is 19.3. The van der Waals surface area contributed by atoms with E-state index in [1.165, 1.54) is 25.1 Å². The first kappa shape index (κ1) is 19.6. The third-order valence-electron chi connectivity index (χ3n) is 4.09. The van der Waals surface area contributed by atoms with Gasteiger partial charge in [0.05, 0.1) is 0 Å². The highest BCUT2D eigenvalue weighted by atomic mass is 19.1. The van der Waals surface area contributed by atoms with Crippen molar-refractivity contribution in [3.63, 3.8) is 0 Å². The van der Waals surface area contributed by atoms with Gasteiger partial charge in [0.15, 0.2) is 0 Å². The fourth-order valence-corrected chi connectivity index (χ4v) is 2.80. The van der Waals surface area contributed by atoms with E-state index >= 15 is 0 Å². The highest BCUT2D eigenvalue weighted by Crippen LogP contribution is 2.31. The lowest BCUT2D eigenvalue weighted by molar-refractivity contribution is -0.116. The van der Waals surface area contributed by atoms with Gasteiger partial charge in [0.2, 0.25) is 5.91 Å². The number of anilines is 1. The molecule has 26 heavy (non-hydrogen) atoms. The fourth-order valence-electron chi connectivity index (χ4n) is 2.80. The molecule has 2 aromatic carbocycles. The molecule has 4 nitrogen and oxygen atoms in total. The Morgan fingerprint density at radius 2 is 1.77 bits per heavy atom. The minimum absolute atomic E-state index is 0.0956. The molecule has 0 atom stereocenters. The minimum Gasteiger partial charge on any atom is -0.350 e. The smallest absolute Gasteiger partial charge is 0.251 e. The van der Waals surface area contributed by atoms with E-state index in [0.29, 0.717) is 6.54 Å². The maximum Gasteiger partial charge on any atom is 0.251 e. The topological polar surface area (TPSA) is 49.4 Å². The Morgan fingerprint density at radius 3 is 2.38 bits per heavy atom. The molecule has 5 heteroatoms. The van der Waals surface area contributed by atoms with Crippen LogP contribution in [0.15, 0.2) is 48.5 Å². The number of carbonyl (C=O) groups excluding carboxylic acids is 2. The van der Waals surface area contributed by atoms with E-state index in [2.05, 4.69) is 26.1 Å². The van der Waals surface area contributed by atoms with Crippen LogP contribution in [0.5, 0.6) is 0 Å². The van der Waals surface area contributed by atoms with Crippen LogP contribution in [-0.2, 0) is 10.2 Å². The molecule has 0 aromatic heterocycles. The summed E-state index contributed by atoms with van der Waals surface area (Å²) in [5, 5.41) is 2.74. The molecule has 0 aliphatic carbocycles. The van der Waals surface area contributed by atoms with Crippen molar-refractivity contribution >= 4 is 17.5 Å². The van der Waals surface area contributed by atoms with Gasteiger partial charge in [0, 0.05) is 31.3 Å². The van der Waals surface area contributed by atoms with Crippen LogP contribution in [0.1, 0.15) is 43.6 Å². The Kier molecular flexibility index (Phi) is 6.14. The van der Waals surface area contributed by atoms with Gasteiger partial charge in [0.1, 0.15) is 5.82 Å². The van der Waals surface area contributed by atoms with E-state index in [4.69, 9.17) is 0 Å². The molecule has 0 spiro atoms. The molecule has 0 heterocycles. The van der Waals surface area contributed by atoms with Gasteiger partial charge >= 0.3 is 0 Å². The van der Waals surface area contributed by atoms with Crippen LogP contribution in [0.4, 0.5) is 10.1 Å². The van der Waals surface area contributed by atoms with E-state index in [1.54, 1.807) is 11.0 Å². The lowest BCUT2D eigenvalue weighted by atomic mass is 9.85. The van der Waals surface area contributed by atoms with Crippen LogP contribution >= 0.6 is 0 Å². The summed E-state index contributed by atoms with van der Waals surface area (Å²) in [6, 6.07) is 13.3. The Morgan fingerprint density at radius 1 is 1.08 bits per heavy atom. The maximum atomic E-state index is 13.2. The first-order valence-corrected chi connectivity index (χ1v) is 8.61. The standard InChI is InChI=1S/C21H25FN2O2/c1-15(25)24(19-11-6-5-10-18(19)21(2,3)4)13-12-23-20(26)16-8-7-9-17(22)14-16/h5-11,14H,12-13H2,1-4H3,(H,23,26). The van der Waals surface area contributed by atoms with Gasteiger partial charge in [-0.3, -0.25) is 9.59 Å². The summed E-state index contributed by atoms with van der Waals surface area (Å²) in [4.78, 5) is 26.0. The second-order valence-corrected chi connectivity index (χ2v) is 7.20. The maximum absolute atomic E-state index is 13.2. The molecule has 0 aliphatic heterocycles. The van der Waals surface area contributed by atoms with Crippen molar-refractivity contribution in [1.82, 2.24) is 5.32 Å². The predicted molar refractivity (Wildman–Crippen MR) is 102 cm³/mol. The molecule has 0 fully saturated rings. The van der Waals surface area contributed by atoms with Crippen molar-refractivity contribution in [2.24, 2.45) is 0 Å². The second-order valence-electron chi connectivity index (χ2n) is 7.20. The Hall–Kier alpha value is -2.69. The van der Waals surface area contributed by atoms with Crippen molar-refractivity contribution < 1.29 is 14.0 Å². The third kappa shape index (κ3) is 4.91. The minimum atomic E-state index is -0.456. The van der Waals surface area contributed by atoms with Crippen LogP contribution < -0.4 is 10.2 Å². The average molecular weight is 356 g/mol. The molecule has 2 aromatic rings. The number of rotatable bonds is 5. The summed E-state index contributed by atoms with van der Waals surface area (Å²) < 4.78 is 13.2. The average Bonchev–Trinajstić information content (AvgIpc) is 2.57. The number of benzene rings is 2. The number of amides is 2. The molecule has 2 rings (SSSR count). The summed E-state index contributed by atoms with van der Waals surface area (Å²) in [6.07, 6.45) is 0. The van der Waals surface area contributed by atoms with Gasteiger partial charge in [-0.1, -0.05) is 45.0 Å². The molecular weight excluding hydrogens is 331 g/mol. The summed E-state index contributed by atoms with van der Waals surface area (Å²) in [5.74, 6) is -0.916. The molecule has 0 bridgehead atoms. The van der Waals surface area contributed by atoms with E-state index in [-0.39, 0.29) is 29.3 Å². The molecular formula is C21H25FN2O2. The largest absolute Gasteiger partial charge is 0.350 e. The number of hydrogen-bond donors (Lipinski definition) is 1. The molecule has 0 saturated carbocycles. The predicted octanol–water partition coefficient (Wildman–Crippen LogP) is 3.91. The quantitative estimate of drug-likeness (QED) is 0.883. The number of carbonyl (C=O) groups is 2. The van der Waals surface area contributed by atoms with Crippen molar-refractivity contribution in [2.75, 3.05) is 18.0 Å². The van der Waals surface area contributed by atoms with Crippen LogP contribution in [0.2, 0.25) is 0 Å². The van der Waals surface area contributed by atoms with Gasteiger partial charge in [-0.2, -0.15) is 0 Å². The zero-order valence-corrected chi connectivity index (χ0v) is 15.7. The first-order chi connectivity index (χ1) is 12.2. The Bertz CT molecular complexity index is 797. The van der Waals surface area contributed by atoms with Crippen LogP contribution in [0.25, 0.3) is 0 Å². The molecule has 0 unspecified atom stereocenters. The van der Waals surface area contributed by atoms with E-state index in [1.807, 2.05) is 24.3 Å². The SMILES string of the molecule is CC(=O)N(CCNC(=O)c1cccc(F)c1)c1ccccc1C(C)(C)C. The van der Waals surface area contributed by atoms with Gasteiger partial charge < -0.3 is 10.2 Å². The van der Waals surface area contributed by atoms with Gasteiger partial charge in [-0.25, -0.2) is 4.39 Å². The van der Waals surface area contributed by atoms with Crippen molar-refractivity contribution in [3.8, 4) is 0 Å². The lowest BCUT2D eigenvalue weighted by Crippen LogP contribution is -2.38. The molecule has 138 valence electrons. The van der Waals surface area contributed by atoms with Gasteiger partial charge in [-0.05, 0) is 35.2 Å². The summed E-state index contributed by atoms with van der Waals surface area (Å²) >= 11 is 0. The first-order valence-electron chi connectivity index (χ1n) is 8.61. The third-order valence-corrected chi connectivity index (χ3v) is 4.09. The van der Waals surface area contributed by atoms with Crippen LogP contribution in [-0.4, -0.2) is 24.9 Å². The molecule has 0 saturated heterocycles. The number of para-hydroxylation sites is 1. The number of halogens is 1. The van der Waals surface area contributed by atoms with Crippen molar-refractivity contribution in [1.29, 1.82) is 0 Å². The van der Waals surface area contributed by atoms with Gasteiger partial charge in [0.25, 0.3) is 5.91 Å². The normalized spacial score (nSPS) is 11.1. The van der Waals surface area contributed by atoms with Crippen LogP contribution in [0, 0.1) is 5.82 Å². The van der Waals surface area contributed by atoms with Crippen molar-refractivity contribution in [2.45, 2.75) is 33.1 Å². The summed E-state index contributed by atoms with van der Waals surface area (Å²) in [6.45, 7) is 8.40. The molecule has 1 N–H and O–H groups in total. The van der Waals surface area contributed by atoms with E-state index < -0.39 is 5.82 Å². The number of nitrogens with one attached hydrogen (secondary N) is 1. The number of hydrogen-bond acceptors (Lipinski definition) is 2. The molecule has 2 amide bonds. The zero-order valence-electron chi connectivity index (χ0n) is 15.7. The fraction of sp³-hybridized carbons (Fsp3) is 0.333. The van der Waals surface area contributed by atoms with Crippen LogP contribution in [0.3, 0.4) is 0 Å². The highest BCUT2D eigenvalue weighted by Gasteiger charge is 2.22. The molecule has 0 aliphatic rings. The monoisotopic (exact) mass is 356 g/mol. The summed E-state index contributed by atoms with van der Waals surface area (Å²) in [5.41, 5.74) is 2.04. The Labute approximate surface area is 154 Å². The van der Waals surface area contributed by atoms with E-state index in [0.717, 1.165) is 11.3 Å². The Balaban J connectivity index is 2.11.